The van der Waals surface area contributed by atoms with E-state index in [1.165, 1.54) is 17.0 Å². The summed E-state index contributed by atoms with van der Waals surface area (Å²) in [5, 5.41) is 9.04. The summed E-state index contributed by atoms with van der Waals surface area (Å²) in [6.45, 7) is 5.23. The van der Waals surface area contributed by atoms with Gasteiger partial charge in [-0.3, -0.25) is 14.5 Å². The molecule has 0 saturated carbocycles. The predicted molar refractivity (Wildman–Crippen MR) is 107 cm³/mol. The van der Waals surface area contributed by atoms with Crippen molar-refractivity contribution in [1.29, 1.82) is 0 Å². The van der Waals surface area contributed by atoms with Crippen LogP contribution in [0.15, 0.2) is 42.5 Å². The average Bonchev–Trinajstić information content (AvgIpc) is 2.85. The lowest BCUT2D eigenvalue weighted by atomic mass is 9.86. The molecule has 150 valence electrons. The van der Waals surface area contributed by atoms with Crippen molar-refractivity contribution < 1.29 is 23.8 Å². The molecule has 0 fully saturated rings. The van der Waals surface area contributed by atoms with Gasteiger partial charge in [-0.15, -0.1) is 5.92 Å². The van der Waals surface area contributed by atoms with E-state index in [4.69, 9.17) is 9.84 Å². The third-order valence-electron chi connectivity index (χ3n) is 5.04. The Balaban J connectivity index is 1.75. The molecule has 1 N–H and O–H groups in total. The van der Waals surface area contributed by atoms with E-state index in [1.807, 2.05) is 0 Å². The summed E-state index contributed by atoms with van der Waals surface area (Å²) in [5.41, 5.74) is 1.30. The van der Waals surface area contributed by atoms with Gasteiger partial charge < -0.3 is 9.84 Å². The smallest absolute Gasteiger partial charge is 0.304 e. The molecule has 2 aromatic carbocycles. The van der Waals surface area contributed by atoms with Gasteiger partial charge in [0.25, 0.3) is 0 Å². The van der Waals surface area contributed by atoms with E-state index in [-0.39, 0.29) is 19.1 Å². The number of carboxylic acids is 1. The van der Waals surface area contributed by atoms with E-state index in [9.17, 15) is 14.0 Å². The summed E-state index contributed by atoms with van der Waals surface area (Å²) in [7, 11) is 0. The van der Waals surface area contributed by atoms with Gasteiger partial charge >= 0.3 is 5.97 Å². The number of carbonyl (C=O) groups excluding carboxylic acids is 1. The van der Waals surface area contributed by atoms with Crippen LogP contribution >= 0.6 is 0 Å². The van der Waals surface area contributed by atoms with E-state index >= 15 is 0 Å². The zero-order chi connectivity index (χ0) is 21.2. The Morgan fingerprint density at radius 3 is 2.55 bits per heavy atom. The van der Waals surface area contributed by atoms with Gasteiger partial charge in [0.2, 0.25) is 5.91 Å². The van der Waals surface area contributed by atoms with Gasteiger partial charge in [0.1, 0.15) is 11.6 Å². The number of anilines is 1. The van der Waals surface area contributed by atoms with Crippen molar-refractivity contribution in [3.05, 3.63) is 59.4 Å². The van der Waals surface area contributed by atoms with E-state index in [0.29, 0.717) is 11.4 Å². The highest BCUT2D eigenvalue weighted by Gasteiger charge is 2.44. The summed E-state index contributed by atoms with van der Waals surface area (Å²) >= 11 is 0. The van der Waals surface area contributed by atoms with Crippen LogP contribution < -0.4 is 9.64 Å². The number of ether oxygens (including phenoxy) is 1. The summed E-state index contributed by atoms with van der Waals surface area (Å²) in [5.74, 6) is 4.28. The van der Waals surface area contributed by atoms with E-state index in [0.717, 1.165) is 11.1 Å². The molecule has 3 rings (SSSR count). The number of fused-ring (bicyclic) bond motifs is 1. The van der Waals surface area contributed by atoms with Gasteiger partial charge in [-0.1, -0.05) is 24.1 Å². The minimum Gasteiger partial charge on any atom is -0.481 e. The van der Waals surface area contributed by atoms with Gasteiger partial charge in [0, 0.05) is 0 Å². The largest absolute Gasteiger partial charge is 0.481 e. The van der Waals surface area contributed by atoms with Gasteiger partial charge in [0.05, 0.1) is 23.4 Å². The Morgan fingerprint density at radius 1 is 1.24 bits per heavy atom. The molecule has 0 radical (unpaired) electrons. The second-order valence-electron chi connectivity index (χ2n) is 7.41. The van der Waals surface area contributed by atoms with Crippen molar-refractivity contribution in [3.8, 4) is 17.6 Å². The van der Waals surface area contributed by atoms with Crippen molar-refractivity contribution in [2.75, 3.05) is 11.6 Å². The van der Waals surface area contributed by atoms with Crippen molar-refractivity contribution in [3.63, 3.8) is 0 Å². The van der Waals surface area contributed by atoms with Crippen LogP contribution in [0.4, 0.5) is 10.1 Å². The molecule has 1 aliphatic rings. The number of hydrogen-bond donors (Lipinski definition) is 1. The van der Waals surface area contributed by atoms with E-state index < -0.39 is 23.1 Å². The van der Waals surface area contributed by atoms with E-state index in [2.05, 4.69) is 11.8 Å². The highest BCUT2D eigenvalue weighted by molar-refractivity contribution is 6.07. The molecular weight excluding hydrogens is 373 g/mol. The van der Waals surface area contributed by atoms with Crippen LogP contribution in [0.25, 0.3) is 0 Å². The fourth-order valence-corrected chi connectivity index (χ4v) is 3.48. The molecular formula is C23H22FNO4. The van der Waals surface area contributed by atoms with E-state index in [1.54, 1.807) is 51.1 Å². The lowest BCUT2D eigenvalue weighted by Crippen LogP contribution is -2.38. The second-order valence-corrected chi connectivity index (χ2v) is 7.41. The molecule has 1 amide bonds. The molecule has 2 aromatic rings. The fraction of sp³-hybridized carbons (Fsp3) is 0.304. The Bertz CT molecular complexity index is 1000. The maximum absolute atomic E-state index is 13.7. The van der Waals surface area contributed by atoms with Crippen molar-refractivity contribution in [2.45, 2.75) is 38.5 Å². The van der Waals surface area contributed by atoms with Gasteiger partial charge in [0.15, 0.2) is 6.73 Å². The third kappa shape index (κ3) is 4.09. The molecule has 29 heavy (non-hydrogen) atoms. The first-order valence-corrected chi connectivity index (χ1v) is 9.23. The molecule has 1 unspecified atom stereocenters. The first-order chi connectivity index (χ1) is 13.7. The standard InChI is InChI=1S/C23H22FNO4/c1-4-5-16(12-21(26)27)15-6-9-18(10-7-15)29-14-25-20-13-17(24)8-11-19(20)23(2,3)22(25)28/h6-11,13,16H,12,14H2,1-3H3,(H,26,27). The zero-order valence-electron chi connectivity index (χ0n) is 16.5. The molecule has 0 aliphatic carbocycles. The number of hydrogen-bond acceptors (Lipinski definition) is 3. The minimum atomic E-state index is -0.917. The average molecular weight is 395 g/mol. The SMILES string of the molecule is CC#CC(CC(=O)O)c1ccc(OCN2C(=O)C(C)(C)c3ccc(F)cc32)cc1. The molecule has 0 bridgehead atoms. The fourth-order valence-electron chi connectivity index (χ4n) is 3.48. The quantitative estimate of drug-likeness (QED) is 0.749. The van der Waals surface area contributed by atoms with Crippen molar-refractivity contribution in [2.24, 2.45) is 0 Å². The van der Waals surface area contributed by atoms with Crippen LogP contribution in [-0.2, 0) is 15.0 Å². The Kier molecular flexibility index (Phi) is 5.60. The summed E-state index contributed by atoms with van der Waals surface area (Å²) < 4.78 is 19.5. The van der Waals surface area contributed by atoms with Crippen LogP contribution in [0.2, 0.25) is 0 Å². The summed E-state index contributed by atoms with van der Waals surface area (Å²) in [4.78, 5) is 25.2. The number of aliphatic carboxylic acids is 1. The summed E-state index contributed by atoms with van der Waals surface area (Å²) in [6.07, 6.45) is -0.0826. The zero-order valence-corrected chi connectivity index (χ0v) is 16.5. The maximum atomic E-state index is 13.7. The van der Waals surface area contributed by atoms with Crippen LogP contribution in [0, 0.1) is 17.7 Å². The van der Waals surface area contributed by atoms with Crippen molar-refractivity contribution in [1.82, 2.24) is 0 Å². The highest BCUT2D eigenvalue weighted by Crippen LogP contribution is 2.41. The third-order valence-corrected chi connectivity index (χ3v) is 5.04. The lowest BCUT2D eigenvalue weighted by molar-refractivity contribution is -0.137. The topological polar surface area (TPSA) is 66.8 Å². The van der Waals surface area contributed by atoms with Gasteiger partial charge in [-0.2, -0.15) is 0 Å². The normalized spacial score (nSPS) is 15.3. The number of carboxylic acid groups (broad SMARTS) is 1. The van der Waals surface area contributed by atoms with Crippen LogP contribution in [0.3, 0.4) is 0 Å². The number of carbonyl (C=O) groups is 2. The first kappa shape index (κ1) is 20.4. The maximum Gasteiger partial charge on any atom is 0.304 e. The van der Waals surface area contributed by atoms with Crippen LogP contribution in [-0.4, -0.2) is 23.7 Å². The number of benzene rings is 2. The molecule has 1 atom stereocenters. The van der Waals surface area contributed by atoms with Crippen LogP contribution in [0.5, 0.6) is 5.75 Å². The van der Waals surface area contributed by atoms with Crippen LogP contribution in [0.1, 0.15) is 44.2 Å². The Hall–Kier alpha value is -3.33. The minimum absolute atomic E-state index is 0.0502. The lowest BCUT2D eigenvalue weighted by Gasteiger charge is -2.21. The molecule has 1 heterocycles. The molecule has 0 aromatic heterocycles. The number of nitrogens with zero attached hydrogens (tertiary/aromatic N) is 1. The highest BCUT2D eigenvalue weighted by atomic mass is 19.1. The molecule has 5 nitrogen and oxygen atoms in total. The molecule has 6 heteroatoms. The second kappa shape index (κ2) is 7.96. The Labute approximate surface area is 169 Å². The van der Waals surface area contributed by atoms with Crippen molar-refractivity contribution >= 4 is 17.6 Å². The first-order valence-electron chi connectivity index (χ1n) is 9.23. The molecule has 0 saturated heterocycles. The molecule has 0 spiro atoms. The number of rotatable bonds is 6. The van der Waals surface area contributed by atoms with Gasteiger partial charge in [-0.05, 0) is 56.2 Å². The molecule has 1 aliphatic heterocycles. The Morgan fingerprint density at radius 2 is 1.93 bits per heavy atom. The monoisotopic (exact) mass is 395 g/mol. The summed E-state index contributed by atoms with van der Waals surface area (Å²) in [6, 6.07) is 11.3. The van der Waals surface area contributed by atoms with Gasteiger partial charge in [-0.25, -0.2) is 4.39 Å². The predicted octanol–water partition coefficient (Wildman–Crippen LogP) is 4.07. The number of amides is 1. The number of halogens is 1.